The highest BCUT2D eigenvalue weighted by atomic mass is 16.7. The molecule has 14 atom stereocenters. The zero-order valence-corrected chi connectivity index (χ0v) is 26.4. The van der Waals surface area contributed by atoms with Gasteiger partial charge in [0, 0.05) is 0 Å². The molecule has 2 unspecified atom stereocenters. The number of ether oxygens (including phenoxy) is 2. The average Bonchev–Trinajstić information content (AvgIpc) is 3.30. The number of aliphatic hydroxyl groups is 4. The number of fused-ring (bicyclic) bond motifs is 5. The fourth-order valence-electron chi connectivity index (χ4n) is 10.3. The van der Waals surface area contributed by atoms with Crippen LogP contribution in [-0.4, -0.2) is 63.8 Å². The first-order valence-electron chi connectivity index (χ1n) is 16.8. The molecule has 234 valence electrons. The Morgan fingerprint density at radius 3 is 2.41 bits per heavy atom. The van der Waals surface area contributed by atoms with Gasteiger partial charge in [-0.1, -0.05) is 65.3 Å². The zero-order valence-electron chi connectivity index (χ0n) is 26.4. The molecule has 4 N–H and O–H groups in total. The third-order valence-corrected chi connectivity index (χ3v) is 12.9. The summed E-state index contributed by atoms with van der Waals surface area (Å²) in [6.45, 7) is 14.2. The van der Waals surface area contributed by atoms with Gasteiger partial charge in [0.1, 0.15) is 24.4 Å². The molecule has 0 spiro atoms. The van der Waals surface area contributed by atoms with Crippen molar-refractivity contribution in [2.45, 2.75) is 136 Å². The van der Waals surface area contributed by atoms with Crippen molar-refractivity contribution in [1.29, 1.82) is 0 Å². The second-order valence-corrected chi connectivity index (χ2v) is 15.2. The number of allylic oxidation sites excluding steroid dienone is 3. The lowest BCUT2D eigenvalue weighted by atomic mass is 9.47. The van der Waals surface area contributed by atoms with Gasteiger partial charge in [-0.15, -0.1) is 0 Å². The molecule has 1 saturated heterocycles. The minimum atomic E-state index is -1.40. The maximum atomic E-state index is 10.5. The van der Waals surface area contributed by atoms with Crippen LogP contribution in [0.5, 0.6) is 0 Å². The van der Waals surface area contributed by atoms with Gasteiger partial charge in [0.2, 0.25) is 0 Å². The van der Waals surface area contributed by atoms with Crippen LogP contribution in [-0.2, 0) is 9.47 Å². The predicted octanol–water partition coefficient (Wildman–Crippen LogP) is 5.63. The molecule has 1 aliphatic heterocycles. The summed E-state index contributed by atoms with van der Waals surface area (Å²) in [5.41, 5.74) is 2.11. The van der Waals surface area contributed by atoms with Crippen molar-refractivity contribution in [3.63, 3.8) is 0 Å². The summed E-state index contributed by atoms with van der Waals surface area (Å²) in [6.07, 6.45) is 11.9. The van der Waals surface area contributed by atoms with E-state index in [0.717, 1.165) is 43.4 Å². The molecule has 6 heteroatoms. The van der Waals surface area contributed by atoms with Gasteiger partial charge in [0.25, 0.3) is 0 Å². The Kier molecular flexibility index (Phi) is 9.51. The molecule has 3 saturated carbocycles. The second kappa shape index (κ2) is 12.3. The summed E-state index contributed by atoms with van der Waals surface area (Å²) >= 11 is 0. The molecule has 1 heterocycles. The number of aliphatic hydroxyl groups excluding tert-OH is 4. The van der Waals surface area contributed by atoms with Crippen LogP contribution >= 0.6 is 0 Å². The maximum absolute atomic E-state index is 10.5. The molecular weight excluding hydrogens is 516 g/mol. The Balaban J connectivity index is 1.26. The van der Waals surface area contributed by atoms with Gasteiger partial charge < -0.3 is 29.9 Å². The molecule has 6 nitrogen and oxygen atoms in total. The molecule has 5 rings (SSSR count). The minimum absolute atomic E-state index is 0.109. The smallest absolute Gasteiger partial charge is 0.186 e. The van der Waals surface area contributed by atoms with Crippen molar-refractivity contribution in [3.05, 3.63) is 23.8 Å². The number of rotatable bonds is 8. The molecule has 41 heavy (non-hydrogen) atoms. The van der Waals surface area contributed by atoms with Crippen molar-refractivity contribution >= 4 is 0 Å². The van der Waals surface area contributed by atoms with Gasteiger partial charge in [0.05, 0.1) is 12.7 Å². The van der Waals surface area contributed by atoms with Crippen molar-refractivity contribution in [2.75, 3.05) is 6.61 Å². The van der Waals surface area contributed by atoms with E-state index in [1.54, 1.807) is 0 Å². The van der Waals surface area contributed by atoms with Crippen LogP contribution < -0.4 is 0 Å². The van der Waals surface area contributed by atoms with Gasteiger partial charge in [-0.3, -0.25) is 0 Å². The fraction of sp³-hybridized carbons (Fsp3) is 0.886. The van der Waals surface area contributed by atoms with Crippen molar-refractivity contribution in [3.8, 4) is 0 Å². The van der Waals surface area contributed by atoms with E-state index in [4.69, 9.17) is 9.47 Å². The summed E-state index contributed by atoms with van der Waals surface area (Å²) in [5, 5.41) is 40.4. The molecule has 0 aromatic rings. The van der Waals surface area contributed by atoms with Crippen LogP contribution in [0.25, 0.3) is 0 Å². The Morgan fingerprint density at radius 2 is 1.73 bits per heavy atom. The lowest BCUT2D eigenvalue weighted by molar-refractivity contribution is -0.313. The summed E-state index contributed by atoms with van der Waals surface area (Å²) in [4.78, 5) is 0. The Morgan fingerprint density at radius 1 is 0.976 bits per heavy atom. The van der Waals surface area contributed by atoms with Crippen LogP contribution in [0.4, 0.5) is 0 Å². The van der Waals surface area contributed by atoms with E-state index in [0.29, 0.717) is 29.1 Å². The first-order valence-corrected chi connectivity index (χ1v) is 16.8. The van der Waals surface area contributed by atoms with E-state index in [1.807, 2.05) is 0 Å². The van der Waals surface area contributed by atoms with Gasteiger partial charge in [-0.25, -0.2) is 0 Å². The monoisotopic (exact) mass is 574 g/mol. The lowest BCUT2D eigenvalue weighted by Gasteiger charge is -2.58. The molecule has 5 aliphatic rings. The summed E-state index contributed by atoms with van der Waals surface area (Å²) in [7, 11) is 0. The number of hydrogen-bond acceptors (Lipinski definition) is 6. The molecule has 0 radical (unpaired) electrons. The molecule has 0 amide bonds. The van der Waals surface area contributed by atoms with Gasteiger partial charge in [-0.2, -0.15) is 0 Å². The van der Waals surface area contributed by atoms with Crippen molar-refractivity contribution < 1.29 is 29.9 Å². The van der Waals surface area contributed by atoms with Crippen LogP contribution in [0.2, 0.25) is 0 Å². The largest absolute Gasteiger partial charge is 0.394 e. The Labute approximate surface area is 248 Å². The molecule has 4 fully saturated rings. The van der Waals surface area contributed by atoms with Crippen LogP contribution in [0, 0.1) is 52.3 Å². The lowest BCUT2D eigenvalue weighted by Crippen LogP contribution is -2.60. The third-order valence-electron chi connectivity index (χ3n) is 12.9. The van der Waals surface area contributed by atoms with Gasteiger partial charge in [0.15, 0.2) is 6.29 Å². The van der Waals surface area contributed by atoms with E-state index in [1.165, 1.54) is 37.7 Å². The first-order chi connectivity index (χ1) is 19.4. The van der Waals surface area contributed by atoms with Crippen LogP contribution in [0.1, 0.15) is 99.3 Å². The van der Waals surface area contributed by atoms with E-state index in [-0.39, 0.29) is 11.5 Å². The first kappa shape index (κ1) is 31.7. The normalized spacial score (nSPS) is 47.9. The summed E-state index contributed by atoms with van der Waals surface area (Å²) in [5.74, 6) is 5.05. The molecule has 0 aromatic heterocycles. The SMILES string of the molecule is CC[C@H](/C=C/[C@@H](C)[C@H]1CC[C@H]2[C@@H]3CC=C4C[C@@H](O[C@@H]5O[C@H](CO)[C@@H](O)C(O)C5O)CC[C@]4(C)[C@H]3CC[C@]12C)C(C)C. The minimum Gasteiger partial charge on any atom is -0.394 e. The quantitative estimate of drug-likeness (QED) is 0.281. The average molecular weight is 575 g/mol. The van der Waals surface area contributed by atoms with E-state index >= 15 is 0 Å². The molecular formula is C35H58O6. The maximum Gasteiger partial charge on any atom is 0.186 e. The molecule has 0 aromatic carbocycles. The third kappa shape index (κ3) is 5.64. The summed E-state index contributed by atoms with van der Waals surface area (Å²) in [6, 6.07) is 0. The predicted molar refractivity (Wildman–Crippen MR) is 161 cm³/mol. The fourth-order valence-corrected chi connectivity index (χ4v) is 10.3. The Hall–Kier alpha value is -0.760. The molecule has 0 bridgehead atoms. The Bertz CT molecular complexity index is 960. The number of hydrogen-bond donors (Lipinski definition) is 4. The van der Waals surface area contributed by atoms with E-state index in [9.17, 15) is 20.4 Å². The molecule has 4 aliphatic carbocycles. The zero-order chi connectivity index (χ0) is 29.7. The van der Waals surface area contributed by atoms with Crippen LogP contribution in [0.3, 0.4) is 0 Å². The van der Waals surface area contributed by atoms with Gasteiger partial charge in [-0.05, 0) is 110 Å². The second-order valence-electron chi connectivity index (χ2n) is 15.2. The van der Waals surface area contributed by atoms with E-state index < -0.39 is 37.3 Å². The highest BCUT2D eigenvalue weighted by Gasteiger charge is 2.59. The standard InChI is InChI=1S/C35H58O6/c1-7-22(20(2)3)9-8-21(4)26-12-13-27-25-11-10-23-18-24(14-16-34(23,5)28(25)15-17-35(26,27)6)40-33-32(39)31(38)30(37)29(19-36)41-33/h8-10,20-22,24-33,36-39H,7,11-19H2,1-6H3/b9-8+/t21-,22-,24+,25+,26-,27+,28+,29-,30-,31?,32?,33-,34+,35-/m1/s1. The van der Waals surface area contributed by atoms with Crippen LogP contribution in [0.15, 0.2) is 23.8 Å². The van der Waals surface area contributed by atoms with Crippen molar-refractivity contribution in [1.82, 2.24) is 0 Å². The highest BCUT2D eigenvalue weighted by Crippen LogP contribution is 2.67. The summed E-state index contributed by atoms with van der Waals surface area (Å²) < 4.78 is 11.9. The van der Waals surface area contributed by atoms with Crippen molar-refractivity contribution in [2.24, 2.45) is 52.3 Å². The van der Waals surface area contributed by atoms with E-state index in [2.05, 4.69) is 59.8 Å². The highest BCUT2D eigenvalue weighted by molar-refractivity contribution is 5.25. The van der Waals surface area contributed by atoms with Gasteiger partial charge >= 0.3 is 0 Å². The topological polar surface area (TPSA) is 99.4 Å².